The summed E-state index contributed by atoms with van der Waals surface area (Å²) in [6.45, 7) is 5.09. The van der Waals surface area contributed by atoms with Crippen molar-refractivity contribution in [2.45, 2.75) is 6.10 Å². The first kappa shape index (κ1) is 12.7. The lowest BCUT2D eigenvalue weighted by molar-refractivity contribution is 0.0177. The highest BCUT2D eigenvalue weighted by Gasteiger charge is 2.14. The smallest absolute Gasteiger partial charge is 0.399 e. The second kappa shape index (κ2) is 7.00. The molecule has 6 nitrogen and oxygen atoms in total. The monoisotopic (exact) mass is 230 g/mol. The summed E-state index contributed by atoms with van der Waals surface area (Å²) >= 11 is 0. The van der Waals surface area contributed by atoms with Crippen LogP contribution in [0.4, 0.5) is 0 Å². The van der Waals surface area contributed by atoms with Gasteiger partial charge in [-0.3, -0.25) is 0 Å². The van der Waals surface area contributed by atoms with E-state index in [1.54, 1.807) is 7.11 Å². The van der Waals surface area contributed by atoms with E-state index in [9.17, 15) is 4.79 Å². The number of methoxy groups -OCH3 is 1. The zero-order chi connectivity index (χ0) is 11.8. The molecule has 1 unspecified atom stereocenters. The Morgan fingerprint density at radius 3 is 2.88 bits per heavy atom. The Balaban J connectivity index is 0.000000160. The minimum absolute atomic E-state index is 0.167. The molecule has 0 aromatic carbocycles. The zero-order valence-corrected chi connectivity index (χ0v) is 9.01. The first-order valence-electron chi connectivity index (χ1n) is 4.65. The minimum atomic E-state index is -0.695. The van der Waals surface area contributed by atoms with Gasteiger partial charge in [-0.05, 0) is 6.08 Å². The van der Waals surface area contributed by atoms with Gasteiger partial charge in [0.2, 0.25) is 0 Å². The second-order valence-electron chi connectivity index (χ2n) is 2.93. The molecule has 1 saturated heterocycles. The fraction of sp³-hybridized carbons (Fsp3) is 0.500. The number of hydrogen-bond acceptors (Lipinski definition) is 6. The molecule has 0 spiro atoms. The van der Waals surface area contributed by atoms with Crippen molar-refractivity contribution in [3.8, 4) is 0 Å². The summed E-state index contributed by atoms with van der Waals surface area (Å²) < 4.78 is 23.4. The molecule has 1 atom stereocenters. The third-order valence-electron chi connectivity index (χ3n) is 1.72. The van der Waals surface area contributed by atoms with Gasteiger partial charge in [-0.15, -0.1) is 0 Å². The quantitative estimate of drug-likeness (QED) is 0.767. The Morgan fingerprint density at radius 1 is 1.69 bits per heavy atom. The molecule has 2 heterocycles. The number of hydrogen-bond donors (Lipinski definition) is 0. The summed E-state index contributed by atoms with van der Waals surface area (Å²) in [6.07, 6.45) is 2.76. The Labute approximate surface area is 92.4 Å². The molecule has 1 aromatic heterocycles. The average Bonchev–Trinajstić information content (AvgIpc) is 2.91. The maximum Gasteiger partial charge on any atom is 0.519 e. The van der Waals surface area contributed by atoms with Crippen molar-refractivity contribution in [2.75, 3.05) is 27.1 Å². The highest BCUT2D eigenvalue weighted by atomic mass is 16.7. The van der Waals surface area contributed by atoms with Crippen LogP contribution >= 0.6 is 0 Å². The number of ether oxygens (including phenoxy) is 3. The third-order valence-corrected chi connectivity index (χ3v) is 1.72. The van der Waals surface area contributed by atoms with Crippen molar-refractivity contribution in [2.24, 2.45) is 0 Å². The topological polar surface area (TPSA) is 71.0 Å². The van der Waals surface area contributed by atoms with Crippen molar-refractivity contribution in [1.82, 2.24) is 0 Å². The maximum atomic E-state index is 10.1. The largest absolute Gasteiger partial charge is 0.519 e. The van der Waals surface area contributed by atoms with Gasteiger partial charge >= 0.3 is 5.82 Å². The molecule has 1 fully saturated rings. The van der Waals surface area contributed by atoms with Crippen LogP contribution in [0.5, 0.6) is 0 Å². The molecule has 0 bridgehead atoms. The molecular formula is C10H14O6. The van der Waals surface area contributed by atoms with Crippen molar-refractivity contribution in [3.63, 3.8) is 0 Å². The lowest BCUT2D eigenvalue weighted by Crippen LogP contribution is -2.15. The van der Waals surface area contributed by atoms with Gasteiger partial charge in [0, 0.05) is 7.11 Å². The predicted octanol–water partition coefficient (Wildman–Crippen LogP) is 0.881. The van der Waals surface area contributed by atoms with Gasteiger partial charge in [0.25, 0.3) is 0 Å². The SMILES string of the molecule is C=Cc1coc(=O)o1.COCC1COCO1. The summed E-state index contributed by atoms with van der Waals surface area (Å²) in [5, 5.41) is 0. The number of rotatable bonds is 3. The Kier molecular flexibility index (Phi) is 5.55. The third kappa shape index (κ3) is 4.43. The summed E-state index contributed by atoms with van der Waals surface area (Å²) in [5.74, 6) is -0.338. The van der Waals surface area contributed by atoms with Crippen molar-refractivity contribution in [3.05, 3.63) is 29.2 Å². The molecule has 0 saturated carbocycles. The lowest BCUT2D eigenvalue weighted by Gasteiger charge is -2.02. The van der Waals surface area contributed by atoms with Crippen LogP contribution in [0, 0.1) is 0 Å². The molecule has 1 aromatic rings. The van der Waals surface area contributed by atoms with Gasteiger partial charge in [0.15, 0.2) is 5.76 Å². The molecular weight excluding hydrogens is 216 g/mol. The van der Waals surface area contributed by atoms with Crippen molar-refractivity contribution in [1.29, 1.82) is 0 Å². The Bertz CT molecular complexity index is 346. The van der Waals surface area contributed by atoms with E-state index in [1.807, 2.05) is 0 Å². The van der Waals surface area contributed by atoms with E-state index < -0.39 is 5.82 Å². The molecule has 1 aliphatic rings. The molecule has 0 amide bonds. The summed E-state index contributed by atoms with van der Waals surface area (Å²) in [5.41, 5.74) is 0. The molecule has 0 N–H and O–H groups in total. The van der Waals surface area contributed by atoms with Crippen LogP contribution in [0.25, 0.3) is 6.08 Å². The van der Waals surface area contributed by atoms with E-state index in [-0.39, 0.29) is 6.10 Å². The van der Waals surface area contributed by atoms with Crippen LogP contribution in [0.15, 0.2) is 26.5 Å². The highest BCUT2D eigenvalue weighted by Crippen LogP contribution is 2.01. The summed E-state index contributed by atoms with van der Waals surface area (Å²) in [7, 11) is 1.65. The van der Waals surface area contributed by atoms with Crippen LogP contribution in [0.2, 0.25) is 0 Å². The molecule has 90 valence electrons. The highest BCUT2D eigenvalue weighted by molar-refractivity contribution is 5.35. The fourth-order valence-electron chi connectivity index (χ4n) is 0.994. The van der Waals surface area contributed by atoms with Gasteiger partial charge in [-0.1, -0.05) is 6.58 Å². The predicted molar refractivity (Wildman–Crippen MR) is 54.9 cm³/mol. The average molecular weight is 230 g/mol. The minimum Gasteiger partial charge on any atom is -0.399 e. The van der Waals surface area contributed by atoms with E-state index in [0.29, 0.717) is 25.8 Å². The lowest BCUT2D eigenvalue weighted by atomic mass is 10.4. The maximum absolute atomic E-state index is 10.1. The molecule has 0 radical (unpaired) electrons. The van der Waals surface area contributed by atoms with E-state index >= 15 is 0 Å². The molecule has 16 heavy (non-hydrogen) atoms. The van der Waals surface area contributed by atoms with Crippen molar-refractivity contribution >= 4 is 6.08 Å². The van der Waals surface area contributed by atoms with E-state index in [2.05, 4.69) is 15.4 Å². The Morgan fingerprint density at radius 2 is 2.50 bits per heavy atom. The van der Waals surface area contributed by atoms with Gasteiger partial charge in [0.05, 0.1) is 13.2 Å². The van der Waals surface area contributed by atoms with Crippen LogP contribution in [0.3, 0.4) is 0 Å². The fourth-order valence-corrected chi connectivity index (χ4v) is 0.994. The molecule has 0 aliphatic carbocycles. The second-order valence-corrected chi connectivity index (χ2v) is 2.93. The van der Waals surface area contributed by atoms with Gasteiger partial charge in [-0.25, -0.2) is 4.79 Å². The molecule has 6 heteroatoms. The van der Waals surface area contributed by atoms with E-state index in [1.165, 1.54) is 12.3 Å². The van der Waals surface area contributed by atoms with Crippen LogP contribution in [-0.2, 0) is 14.2 Å². The van der Waals surface area contributed by atoms with Crippen LogP contribution in [0.1, 0.15) is 5.76 Å². The van der Waals surface area contributed by atoms with Gasteiger partial charge < -0.3 is 23.0 Å². The summed E-state index contributed by atoms with van der Waals surface area (Å²) in [6, 6.07) is 0. The molecule has 2 rings (SSSR count). The first-order chi connectivity index (χ1) is 7.76. The van der Waals surface area contributed by atoms with Gasteiger partial charge in [0.1, 0.15) is 19.2 Å². The normalized spacial score (nSPS) is 18.9. The van der Waals surface area contributed by atoms with Gasteiger partial charge in [-0.2, -0.15) is 0 Å². The summed E-state index contributed by atoms with van der Waals surface area (Å²) in [4.78, 5) is 10.1. The van der Waals surface area contributed by atoms with Crippen LogP contribution < -0.4 is 5.82 Å². The van der Waals surface area contributed by atoms with E-state index in [4.69, 9.17) is 14.2 Å². The Hall–Kier alpha value is -1.37. The van der Waals surface area contributed by atoms with E-state index in [0.717, 1.165) is 0 Å². The standard InChI is InChI=1S/C5H10O3.C5H4O3/c1-6-2-5-3-7-4-8-5;1-2-4-3-7-5(6)8-4/h5H,2-4H2,1H3;2-3H,1H2. The van der Waals surface area contributed by atoms with Crippen LogP contribution in [-0.4, -0.2) is 33.2 Å². The van der Waals surface area contributed by atoms with Crippen molar-refractivity contribution < 1.29 is 23.0 Å². The zero-order valence-electron chi connectivity index (χ0n) is 9.01. The molecule has 1 aliphatic heterocycles. The first-order valence-corrected chi connectivity index (χ1v) is 4.65.